The largest absolute Gasteiger partial charge is 0.394 e. The molecule has 0 radical (unpaired) electrons. The van der Waals surface area contributed by atoms with Crippen molar-refractivity contribution in [2.45, 2.75) is 314 Å². The Morgan fingerprint density at radius 1 is 0.493 bits per heavy atom. The third-order valence-corrected chi connectivity index (χ3v) is 13.7. The van der Waals surface area contributed by atoms with Crippen LogP contribution in [0.5, 0.6) is 0 Å². The van der Waals surface area contributed by atoms with Gasteiger partial charge in [-0.05, 0) is 44.9 Å². The number of carbonyl (C=O) groups is 1. The van der Waals surface area contributed by atoms with Gasteiger partial charge in [-0.1, -0.05) is 256 Å². The summed E-state index contributed by atoms with van der Waals surface area (Å²) < 4.78 is 11.2. The normalized spacial score (nSPS) is 19.9. The van der Waals surface area contributed by atoms with Gasteiger partial charge in [-0.25, -0.2) is 0 Å². The lowest BCUT2D eigenvalue weighted by Crippen LogP contribution is -2.60. The Labute approximate surface area is 412 Å². The predicted octanol–water partition coefficient (Wildman–Crippen LogP) is 14.0. The van der Waals surface area contributed by atoms with E-state index in [0.29, 0.717) is 6.42 Å². The second-order valence-electron chi connectivity index (χ2n) is 20.1. The summed E-state index contributed by atoms with van der Waals surface area (Å²) >= 11 is 0. The number of hydrogen-bond donors (Lipinski definition) is 6. The van der Waals surface area contributed by atoms with E-state index in [4.69, 9.17) is 9.47 Å². The van der Waals surface area contributed by atoms with Crippen LogP contribution in [0.3, 0.4) is 0 Å². The van der Waals surface area contributed by atoms with Gasteiger partial charge in [0, 0.05) is 6.42 Å². The van der Waals surface area contributed by atoms with Crippen LogP contribution < -0.4 is 5.32 Å². The number of amides is 1. The lowest BCUT2D eigenvalue weighted by Gasteiger charge is -2.40. The molecule has 7 atom stereocenters. The smallest absolute Gasteiger partial charge is 0.220 e. The first kappa shape index (κ1) is 63.4. The minimum absolute atomic E-state index is 0.189. The lowest BCUT2D eigenvalue weighted by molar-refractivity contribution is -0.302. The predicted molar refractivity (Wildman–Crippen MR) is 281 cm³/mol. The zero-order valence-electron chi connectivity index (χ0n) is 43.7. The molecule has 1 heterocycles. The van der Waals surface area contributed by atoms with E-state index < -0.39 is 49.5 Å². The van der Waals surface area contributed by atoms with E-state index in [-0.39, 0.29) is 12.5 Å². The van der Waals surface area contributed by atoms with Crippen molar-refractivity contribution < 1.29 is 39.8 Å². The SMILES string of the molecule is CCCCCCCCCCCCCCCCCCCCCCC/C=C/CC/C=C/CC/C=C/C(O)C(COC1OC(CO)C(O)C(O)C1O)NC(=O)CCCCCCCCCCCCCCC. The standard InChI is InChI=1S/C58H109NO8/c1-3-5-7-9-11-13-15-17-18-19-20-21-22-23-24-25-26-27-28-29-30-31-32-33-34-36-37-39-41-43-45-47-52(61)51(50-66-58-57(65)56(64)55(63)53(49-60)67-58)59-54(62)48-46-44-42-40-38-35-16-14-12-10-8-6-4-2/h32-33,37,39,45,47,51-53,55-58,60-61,63-65H,3-31,34-36,38,40-44,46,48-50H2,1-2H3,(H,59,62)/b33-32+,39-37+,47-45+. The summed E-state index contributed by atoms with van der Waals surface area (Å²) in [5.74, 6) is -0.189. The molecule has 67 heavy (non-hydrogen) atoms. The van der Waals surface area contributed by atoms with E-state index in [9.17, 15) is 30.3 Å². The molecule has 0 saturated carbocycles. The van der Waals surface area contributed by atoms with Gasteiger partial charge >= 0.3 is 0 Å². The summed E-state index contributed by atoms with van der Waals surface area (Å²) in [6.45, 7) is 3.77. The van der Waals surface area contributed by atoms with Crippen molar-refractivity contribution in [2.75, 3.05) is 13.2 Å². The third-order valence-electron chi connectivity index (χ3n) is 13.7. The van der Waals surface area contributed by atoms with E-state index in [1.807, 2.05) is 6.08 Å². The van der Waals surface area contributed by atoms with Crippen molar-refractivity contribution >= 4 is 5.91 Å². The number of allylic oxidation sites excluding steroid dienone is 5. The Kier molecular flexibility index (Phi) is 45.5. The third kappa shape index (κ3) is 37.9. The molecule has 0 spiro atoms. The van der Waals surface area contributed by atoms with E-state index in [2.05, 4.69) is 43.5 Å². The molecular formula is C58H109NO8. The first-order valence-electron chi connectivity index (χ1n) is 28.7. The van der Waals surface area contributed by atoms with E-state index in [0.717, 1.165) is 44.9 Å². The Balaban J connectivity index is 2.20. The van der Waals surface area contributed by atoms with Crippen molar-refractivity contribution in [3.05, 3.63) is 36.5 Å². The number of unbranched alkanes of at least 4 members (excludes halogenated alkanes) is 35. The van der Waals surface area contributed by atoms with Crippen LogP contribution in [-0.2, 0) is 14.3 Å². The fourth-order valence-electron chi connectivity index (χ4n) is 9.13. The van der Waals surface area contributed by atoms with Crippen molar-refractivity contribution in [3.63, 3.8) is 0 Å². The van der Waals surface area contributed by atoms with Gasteiger partial charge in [0.05, 0.1) is 25.4 Å². The maximum absolute atomic E-state index is 13.0. The van der Waals surface area contributed by atoms with Crippen LogP contribution in [0.1, 0.15) is 271 Å². The number of carbonyl (C=O) groups excluding carboxylic acids is 1. The molecule has 1 aliphatic heterocycles. The number of aliphatic hydroxyl groups is 5. The molecule has 0 aromatic carbocycles. The number of hydrogen-bond acceptors (Lipinski definition) is 8. The Bertz CT molecular complexity index is 1150. The molecule has 0 bridgehead atoms. The average Bonchev–Trinajstić information content (AvgIpc) is 3.33. The molecule has 1 aliphatic rings. The molecule has 7 unspecified atom stereocenters. The molecule has 1 rings (SSSR count). The van der Waals surface area contributed by atoms with Crippen LogP contribution in [0.2, 0.25) is 0 Å². The average molecular weight is 949 g/mol. The van der Waals surface area contributed by atoms with Gasteiger partial charge in [-0.2, -0.15) is 0 Å². The first-order chi connectivity index (χ1) is 32.8. The molecule has 9 nitrogen and oxygen atoms in total. The van der Waals surface area contributed by atoms with Gasteiger partial charge in [0.25, 0.3) is 0 Å². The van der Waals surface area contributed by atoms with E-state index in [1.165, 1.54) is 205 Å². The van der Waals surface area contributed by atoms with Crippen LogP contribution in [0.4, 0.5) is 0 Å². The quantitative estimate of drug-likeness (QED) is 0.0261. The lowest BCUT2D eigenvalue weighted by atomic mass is 9.99. The van der Waals surface area contributed by atoms with Crippen LogP contribution in [0.25, 0.3) is 0 Å². The van der Waals surface area contributed by atoms with Crippen molar-refractivity contribution in [1.29, 1.82) is 0 Å². The molecule has 394 valence electrons. The van der Waals surface area contributed by atoms with Gasteiger partial charge in [0.2, 0.25) is 5.91 Å². The molecule has 0 aromatic heterocycles. The molecule has 1 saturated heterocycles. The van der Waals surface area contributed by atoms with Crippen molar-refractivity contribution in [1.82, 2.24) is 5.32 Å². The minimum Gasteiger partial charge on any atom is -0.394 e. The van der Waals surface area contributed by atoms with Crippen LogP contribution in [-0.4, -0.2) is 87.5 Å². The number of rotatable bonds is 49. The summed E-state index contributed by atoms with van der Waals surface area (Å²) in [6, 6.07) is -0.825. The Hall–Kier alpha value is -1.59. The molecule has 1 amide bonds. The second kappa shape index (κ2) is 48.1. The first-order valence-corrected chi connectivity index (χ1v) is 28.7. The minimum atomic E-state index is -1.57. The summed E-state index contributed by atoms with van der Waals surface area (Å²) in [6.07, 6.45) is 55.2. The topological polar surface area (TPSA) is 149 Å². The van der Waals surface area contributed by atoms with Crippen molar-refractivity contribution in [2.24, 2.45) is 0 Å². The van der Waals surface area contributed by atoms with Crippen molar-refractivity contribution in [3.8, 4) is 0 Å². The summed E-state index contributed by atoms with van der Waals surface area (Å²) in [5, 5.41) is 54.4. The van der Waals surface area contributed by atoms with Gasteiger partial charge in [-0.15, -0.1) is 0 Å². The monoisotopic (exact) mass is 948 g/mol. The van der Waals surface area contributed by atoms with Crippen LogP contribution in [0.15, 0.2) is 36.5 Å². The fourth-order valence-corrected chi connectivity index (χ4v) is 9.13. The van der Waals surface area contributed by atoms with Crippen LogP contribution >= 0.6 is 0 Å². The van der Waals surface area contributed by atoms with Gasteiger partial charge < -0.3 is 40.3 Å². The van der Waals surface area contributed by atoms with Crippen LogP contribution in [0, 0.1) is 0 Å². The highest BCUT2D eigenvalue weighted by molar-refractivity contribution is 5.76. The van der Waals surface area contributed by atoms with Gasteiger partial charge in [0.1, 0.15) is 24.4 Å². The molecule has 9 heteroatoms. The highest BCUT2D eigenvalue weighted by atomic mass is 16.7. The van der Waals surface area contributed by atoms with E-state index in [1.54, 1.807) is 6.08 Å². The zero-order chi connectivity index (χ0) is 48.7. The summed E-state index contributed by atoms with van der Waals surface area (Å²) in [4.78, 5) is 13.0. The highest BCUT2D eigenvalue weighted by Gasteiger charge is 2.44. The molecular weight excluding hydrogens is 839 g/mol. The molecule has 1 fully saturated rings. The number of nitrogens with one attached hydrogen (secondary N) is 1. The highest BCUT2D eigenvalue weighted by Crippen LogP contribution is 2.23. The summed E-state index contributed by atoms with van der Waals surface area (Å²) in [5.41, 5.74) is 0. The maximum atomic E-state index is 13.0. The van der Waals surface area contributed by atoms with Gasteiger partial charge in [-0.3, -0.25) is 4.79 Å². The van der Waals surface area contributed by atoms with E-state index >= 15 is 0 Å². The van der Waals surface area contributed by atoms with Gasteiger partial charge in [0.15, 0.2) is 6.29 Å². The Morgan fingerprint density at radius 3 is 1.25 bits per heavy atom. The fraction of sp³-hybridized carbons (Fsp3) is 0.879. The Morgan fingerprint density at radius 2 is 0.851 bits per heavy atom. The second-order valence-corrected chi connectivity index (χ2v) is 20.1. The zero-order valence-corrected chi connectivity index (χ0v) is 43.7. The number of aliphatic hydroxyl groups excluding tert-OH is 5. The maximum Gasteiger partial charge on any atom is 0.220 e. The molecule has 6 N–H and O–H groups in total. The molecule has 0 aromatic rings. The number of ether oxygens (including phenoxy) is 2. The molecule has 0 aliphatic carbocycles. The summed E-state index contributed by atoms with van der Waals surface area (Å²) in [7, 11) is 0.